The molecule has 0 saturated heterocycles. The third kappa shape index (κ3) is 9.59. The number of hydrogen-bond donors (Lipinski definition) is 3. The molecule has 25 heavy (non-hydrogen) atoms. The highest BCUT2D eigenvalue weighted by Crippen LogP contribution is 2.00. The van der Waals surface area contributed by atoms with Crippen molar-refractivity contribution in [1.29, 1.82) is 0 Å². The van der Waals surface area contributed by atoms with Crippen LogP contribution in [0.1, 0.15) is 12.5 Å². The highest BCUT2D eigenvalue weighted by molar-refractivity contribution is 5.88. The van der Waals surface area contributed by atoms with Gasteiger partial charge < -0.3 is 25.4 Å². The second-order valence-corrected chi connectivity index (χ2v) is 4.77. The second kappa shape index (κ2) is 11.4. The molecule has 1 aromatic rings. The van der Waals surface area contributed by atoms with E-state index in [1.54, 1.807) is 19.1 Å². The molecule has 0 radical (unpaired) electrons. The molecule has 0 fully saturated rings. The predicted octanol–water partition coefficient (Wildman–Crippen LogP) is -0.292. The van der Waals surface area contributed by atoms with Gasteiger partial charge in [-0.3, -0.25) is 14.4 Å². The summed E-state index contributed by atoms with van der Waals surface area (Å²) in [5.41, 5.74) is 0.820. The van der Waals surface area contributed by atoms with E-state index < -0.39 is 23.9 Å². The van der Waals surface area contributed by atoms with Crippen molar-refractivity contribution in [3.05, 3.63) is 35.9 Å². The predicted molar refractivity (Wildman–Crippen MR) is 87.3 cm³/mol. The monoisotopic (exact) mass is 351 g/mol. The maximum Gasteiger partial charge on any atom is 0.407 e. The van der Waals surface area contributed by atoms with Gasteiger partial charge in [0.1, 0.15) is 19.7 Å². The van der Waals surface area contributed by atoms with Gasteiger partial charge in [0.25, 0.3) is 0 Å². The largest absolute Gasteiger partial charge is 0.465 e. The van der Waals surface area contributed by atoms with Gasteiger partial charge in [-0.25, -0.2) is 4.79 Å². The Labute approximate surface area is 145 Å². The number of ether oxygens (including phenoxy) is 2. The molecule has 136 valence electrons. The van der Waals surface area contributed by atoms with E-state index in [1.807, 2.05) is 18.2 Å². The van der Waals surface area contributed by atoms with E-state index in [0.717, 1.165) is 5.56 Å². The quantitative estimate of drug-likeness (QED) is 0.525. The van der Waals surface area contributed by atoms with Crippen molar-refractivity contribution in [2.75, 3.05) is 26.2 Å². The number of carbonyl (C=O) groups is 4. The highest BCUT2D eigenvalue weighted by atomic mass is 16.5. The van der Waals surface area contributed by atoms with Crippen molar-refractivity contribution in [1.82, 2.24) is 16.0 Å². The maximum absolute atomic E-state index is 11.5. The third-order valence-electron chi connectivity index (χ3n) is 2.79. The minimum atomic E-state index is -0.745. The molecule has 0 saturated carbocycles. The van der Waals surface area contributed by atoms with Gasteiger partial charge >= 0.3 is 12.1 Å². The van der Waals surface area contributed by atoms with Gasteiger partial charge in [0, 0.05) is 0 Å². The maximum atomic E-state index is 11.5. The third-order valence-corrected chi connectivity index (χ3v) is 2.79. The van der Waals surface area contributed by atoms with E-state index in [-0.39, 0.29) is 32.8 Å². The number of rotatable bonds is 9. The van der Waals surface area contributed by atoms with Crippen molar-refractivity contribution in [3.8, 4) is 0 Å². The second-order valence-electron chi connectivity index (χ2n) is 4.77. The van der Waals surface area contributed by atoms with Crippen LogP contribution in [0.25, 0.3) is 0 Å². The molecule has 0 aromatic heterocycles. The first kappa shape index (κ1) is 19.9. The van der Waals surface area contributed by atoms with Crippen LogP contribution in [0.5, 0.6) is 0 Å². The molecule has 0 aliphatic rings. The zero-order valence-electron chi connectivity index (χ0n) is 13.9. The van der Waals surface area contributed by atoms with Crippen molar-refractivity contribution in [2.45, 2.75) is 13.5 Å². The van der Waals surface area contributed by atoms with E-state index in [0.29, 0.717) is 0 Å². The minimum absolute atomic E-state index is 0.0879. The summed E-state index contributed by atoms with van der Waals surface area (Å²) in [6.07, 6.45) is -0.745. The van der Waals surface area contributed by atoms with Crippen LogP contribution in [0.15, 0.2) is 30.3 Å². The summed E-state index contributed by atoms with van der Waals surface area (Å²) in [6.45, 7) is 1.03. The Morgan fingerprint density at radius 2 is 1.44 bits per heavy atom. The molecule has 0 bridgehead atoms. The van der Waals surface area contributed by atoms with Crippen LogP contribution in [-0.4, -0.2) is 50.1 Å². The number of hydrogen-bond acceptors (Lipinski definition) is 6. The van der Waals surface area contributed by atoms with E-state index >= 15 is 0 Å². The average Bonchev–Trinajstić information content (AvgIpc) is 2.62. The molecule has 3 N–H and O–H groups in total. The van der Waals surface area contributed by atoms with Gasteiger partial charge in [-0.15, -0.1) is 0 Å². The smallest absolute Gasteiger partial charge is 0.407 e. The first-order valence-electron chi connectivity index (χ1n) is 7.64. The highest BCUT2D eigenvalue weighted by Gasteiger charge is 2.09. The molecule has 0 aliphatic heterocycles. The molecule has 1 aromatic carbocycles. The fraction of sp³-hybridized carbons (Fsp3) is 0.375. The van der Waals surface area contributed by atoms with Crippen LogP contribution >= 0.6 is 0 Å². The molecule has 9 nitrogen and oxygen atoms in total. The number of benzene rings is 1. The van der Waals surface area contributed by atoms with Crippen LogP contribution < -0.4 is 16.0 Å². The van der Waals surface area contributed by atoms with Crippen LogP contribution in [-0.2, 0) is 30.5 Å². The normalized spacial score (nSPS) is 9.64. The van der Waals surface area contributed by atoms with Gasteiger partial charge in [0.15, 0.2) is 0 Å². The van der Waals surface area contributed by atoms with E-state index in [4.69, 9.17) is 4.74 Å². The first-order chi connectivity index (χ1) is 12.0. The van der Waals surface area contributed by atoms with Gasteiger partial charge in [-0.2, -0.15) is 0 Å². The summed E-state index contributed by atoms with van der Waals surface area (Å²) >= 11 is 0. The summed E-state index contributed by atoms with van der Waals surface area (Å²) in [6, 6.07) is 9.08. The molecule has 0 aliphatic carbocycles. The van der Waals surface area contributed by atoms with Gasteiger partial charge in [0.2, 0.25) is 11.8 Å². The van der Waals surface area contributed by atoms with Crippen molar-refractivity contribution in [3.63, 3.8) is 0 Å². The first-order valence-corrected chi connectivity index (χ1v) is 7.64. The lowest BCUT2D eigenvalue weighted by Crippen LogP contribution is -2.43. The molecule has 0 atom stereocenters. The average molecular weight is 351 g/mol. The molecule has 3 amide bonds. The Hall–Kier alpha value is -3.10. The summed E-state index contributed by atoms with van der Waals surface area (Å²) in [7, 11) is 0. The van der Waals surface area contributed by atoms with Gasteiger partial charge in [-0.1, -0.05) is 30.3 Å². The summed E-state index contributed by atoms with van der Waals surface area (Å²) in [4.78, 5) is 45.4. The Morgan fingerprint density at radius 1 is 0.840 bits per heavy atom. The Balaban J connectivity index is 2.12. The zero-order valence-corrected chi connectivity index (χ0v) is 13.9. The summed E-state index contributed by atoms with van der Waals surface area (Å²) in [5, 5.41) is 6.84. The van der Waals surface area contributed by atoms with Crippen LogP contribution in [0.2, 0.25) is 0 Å². The zero-order chi connectivity index (χ0) is 18.5. The Bertz CT molecular complexity index is 591. The summed E-state index contributed by atoms with van der Waals surface area (Å²) < 4.78 is 9.57. The van der Waals surface area contributed by atoms with E-state index in [2.05, 4.69) is 20.7 Å². The molecular weight excluding hydrogens is 330 g/mol. The molecule has 0 unspecified atom stereocenters. The van der Waals surface area contributed by atoms with Crippen molar-refractivity contribution >= 4 is 23.9 Å². The number of esters is 1. The minimum Gasteiger partial charge on any atom is -0.465 e. The van der Waals surface area contributed by atoms with E-state index in [9.17, 15) is 19.2 Å². The van der Waals surface area contributed by atoms with Crippen molar-refractivity contribution < 1.29 is 28.7 Å². The van der Waals surface area contributed by atoms with Gasteiger partial charge in [0.05, 0.1) is 13.2 Å². The molecule has 1 rings (SSSR count). The van der Waals surface area contributed by atoms with Crippen LogP contribution in [0.3, 0.4) is 0 Å². The lowest BCUT2D eigenvalue weighted by atomic mass is 10.2. The molecular formula is C16H21N3O6. The number of alkyl carbamates (subject to hydrolysis) is 1. The van der Waals surface area contributed by atoms with Crippen LogP contribution in [0.4, 0.5) is 4.79 Å². The lowest BCUT2D eigenvalue weighted by molar-refractivity contribution is -0.143. The molecule has 0 heterocycles. The number of amides is 3. The Kier molecular flexibility index (Phi) is 9.13. The molecule has 0 spiro atoms. The summed E-state index contributed by atoms with van der Waals surface area (Å²) in [5.74, 6) is -1.68. The topological polar surface area (TPSA) is 123 Å². The number of carbonyl (C=O) groups excluding carboxylic acids is 4. The van der Waals surface area contributed by atoms with E-state index in [1.165, 1.54) is 0 Å². The number of nitrogens with one attached hydrogen (secondary N) is 3. The van der Waals surface area contributed by atoms with Crippen LogP contribution in [0, 0.1) is 0 Å². The standard InChI is InChI=1S/C16H21N3O6/c1-2-24-15(22)10-18-13(20)8-17-14(21)9-19-16(23)25-11-12-6-4-3-5-7-12/h3-7H,2,8-11H2,1H3,(H,17,21)(H,18,20)(H,19,23). The fourth-order valence-corrected chi connectivity index (χ4v) is 1.61. The lowest BCUT2D eigenvalue weighted by Gasteiger charge is -2.08. The van der Waals surface area contributed by atoms with Crippen molar-refractivity contribution in [2.24, 2.45) is 0 Å². The Morgan fingerprint density at radius 3 is 2.08 bits per heavy atom. The van der Waals surface area contributed by atoms with Gasteiger partial charge in [-0.05, 0) is 12.5 Å². The fourth-order valence-electron chi connectivity index (χ4n) is 1.61. The molecule has 9 heteroatoms. The SMILES string of the molecule is CCOC(=O)CNC(=O)CNC(=O)CNC(=O)OCc1ccccc1.